The van der Waals surface area contributed by atoms with Gasteiger partial charge in [-0.05, 0) is 17.7 Å². The maximum Gasteiger partial charge on any atom is 0.187 e. The lowest BCUT2D eigenvalue weighted by atomic mass is 10.0. The second-order valence-electron chi connectivity index (χ2n) is 4.24. The highest BCUT2D eigenvalue weighted by Crippen LogP contribution is 2.27. The third-order valence-corrected chi connectivity index (χ3v) is 3.49. The Morgan fingerprint density at radius 1 is 1.16 bits per heavy atom. The Labute approximate surface area is 115 Å². The molecule has 2 heterocycles. The summed E-state index contributed by atoms with van der Waals surface area (Å²) in [6.45, 7) is 0. The first-order valence-corrected chi connectivity index (χ1v) is 6.36. The zero-order chi connectivity index (χ0) is 13.2. The molecule has 0 aliphatic carbocycles. The van der Waals surface area contributed by atoms with E-state index in [9.17, 15) is 4.79 Å². The molecule has 1 N–H and O–H groups in total. The Kier molecular flexibility index (Phi) is 3.05. The van der Waals surface area contributed by atoms with Crippen LogP contribution in [0.3, 0.4) is 0 Å². The molecule has 3 rings (SSSR count). The second kappa shape index (κ2) is 4.86. The van der Waals surface area contributed by atoms with Gasteiger partial charge in [0.15, 0.2) is 5.78 Å². The summed E-state index contributed by atoms with van der Waals surface area (Å²) >= 11 is 6.26. The average molecular weight is 271 g/mol. The number of aromatic nitrogens is 2. The van der Waals surface area contributed by atoms with Crippen LogP contribution in [0, 0.1) is 0 Å². The fourth-order valence-corrected chi connectivity index (χ4v) is 2.33. The number of alkyl halides is 1. The highest BCUT2D eigenvalue weighted by Gasteiger charge is 2.22. The summed E-state index contributed by atoms with van der Waals surface area (Å²) in [4.78, 5) is 19.6. The average Bonchev–Trinajstić information content (AvgIpc) is 2.90. The number of fused-ring (bicyclic) bond motifs is 1. The van der Waals surface area contributed by atoms with Gasteiger partial charge in [0, 0.05) is 23.3 Å². The second-order valence-corrected chi connectivity index (χ2v) is 4.68. The van der Waals surface area contributed by atoms with Crippen LogP contribution in [0.4, 0.5) is 0 Å². The molecule has 0 amide bonds. The predicted molar refractivity (Wildman–Crippen MR) is 75.5 cm³/mol. The standard InChI is InChI=1S/C15H11ClN2O/c16-13(10-5-2-1-3-6-10)14(19)12-9-18-15-11(12)7-4-8-17-15/h1-9,13H,(H,17,18). The molecule has 94 valence electrons. The third-order valence-electron chi connectivity index (χ3n) is 3.04. The van der Waals surface area contributed by atoms with Gasteiger partial charge in [-0.3, -0.25) is 4.79 Å². The normalized spacial score (nSPS) is 12.5. The largest absolute Gasteiger partial charge is 0.345 e. The minimum Gasteiger partial charge on any atom is -0.345 e. The lowest BCUT2D eigenvalue weighted by molar-refractivity contribution is 0.0988. The van der Waals surface area contributed by atoms with Crippen molar-refractivity contribution in [3.8, 4) is 0 Å². The number of ketones is 1. The van der Waals surface area contributed by atoms with E-state index >= 15 is 0 Å². The van der Waals surface area contributed by atoms with Gasteiger partial charge in [-0.1, -0.05) is 30.3 Å². The molecule has 2 aromatic heterocycles. The molecular formula is C15H11ClN2O. The van der Waals surface area contributed by atoms with Gasteiger partial charge in [0.25, 0.3) is 0 Å². The van der Waals surface area contributed by atoms with E-state index in [0.29, 0.717) is 11.2 Å². The Morgan fingerprint density at radius 3 is 2.74 bits per heavy atom. The maximum absolute atomic E-state index is 12.4. The fourth-order valence-electron chi connectivity index (χ4n) is 2.07. The molecule has 1 atom stereocenters. The van der Waals surface area contributed by atoms with Crippen LogP contribution < -0.4 is 0 Å². The molecule has 0 spiro atoms. The number of hydrogen-bond donors (Lipinski definition) is 1. The summed E-state index contributed by atoms with van der Waals surface area (Å²) in [5.41, 5.74) is 2.07. The van der Waals surface area contributed by atoms with E-state index in [1.807, 2.05) is 36.4 Å². The van der Waals surface area contributed by atoms with E-state index in [4.69, 9.17) is 11.6 Å². The van der Waals surface area contributed by atoms with Crippen molar-refractivity contribution >= 4 is 28.4 Å². The number of pyridine rings is 1. The van der Waals surface area contributed by atoms with E-state index in [0.717, 1.165) is 10.9 Å². The van der Waals surface area contributed by atoms with Crippen molar-refractivity contribution in [3.63, 3.8) is 0 Å². The summed E-state index contributed by atoms with van der Waals surface area (Å²) in [6, 6.07) is 13.0. The maximum atomic E-state index is 12.4. The Bertz CT molecular complexity index is 721. The number of carbonyl (C=O) groups is 1. The first-order chi connectivity index (χ1) is 9.27. The van der Waals surface area contributed by atoms with Crippen LogP contribution in [0.5, 0.6) is 0 Å². The van der Waals surface area contributed by atoms with Crippen molar-refractivity contribution in [3.05, 3.63) is 66.0 Å². The van der Waals surface area contributed by atoms with Crippen LogP contribution in [0.15, 0.2) is 54.9 Å². The zero-order valence-corrected chi connectivity index (χ0v) is 10.8. The number of carbonyl (C=O) groups excluding carboxylic acids is 1. The van der Waals surface area contributed by atoms with Gasteiger partial charge in [0.2, 0.25) is 0 Å². The van der Waals surface area contributed by atoms with Crippen LogP contribution in [0.1, 0.15) is 21.3 Å². The Hall–Kier alpha value is -2.13. The van der Waals surface area contributed by atoms with Gasteiger partial charge in [0.1, 0.15) is 11.0 Å². The van der Waals surface area contributed by atoms with E-state index < -0.39 is 5.38 Å². The highest BCUT2D eigenvalue weighted by molar-refractivity contribution is 6.35. The van der Waals surface area contributed by atoms with Crippen molar-refractivity contribution < 1.29 is 4.79 Å². The quantitative estimate of drug-likeness (QED) is 0.582. The monoisotopic (exact) mass is 270 g/mol. The van der Waals surface area contributed by atoms with E-state index in [1.165, 1.54) is 0 Å². The predicted octanol–water partition coefficient (Wildman–Crippen LogP) is 3.73. The molecule has 0 saturated carbocycles. The summed E-state index contributed by atoms with van der Waals surface area (Å²) in [5, 5.41) is 0.120. The van der Waals surface area contributed by atoms with E-state index in [-0.39, 0.29) is 5.78 Å². The molecule has 0 radical (unpaired) electrons. The molecule has 3 nitrogen and oxygen atoms in total. The lowest BCUT2D eigenvalue weighted by Gasteiger charge is -2.07. The fraction of sp³-hybridized carbons (Fsp3) is 0.0667. The molecule has 4 heteroatoms. The molecule has 19 heavy (non-hydrogen) atoms. The number of halogens is 1. The summed E-state index contributed by atoms with van der Waals surface area (Å²) < 4.78 is 0. The minimum atomic E-state index is -0.680. The van der Waals surface area contributed by atoms with Crippen molar-refractivity contribution in [1.82, 2.24) is 9.97 Å². The highest BCUT2D eigenvalue weighted by atomic mass is 35.5. The van der Waals surface area contributed by atoms with Gasteiger partial charge in [-0.15, -0.1) is 11.6 Å². The molecule has 1 unspecified atom stereocenters. The molecule has 3 aromatic rings. The first-order valence-electron chi connectivity index (χ1n) is 5.92. The Morgan fingerprint density at radius 2 is 1.95 bits per heavy atom. The SMILES string of the molecule is O=C(c1c[nH]c2ncccc12)C(Cl)c1ccccc1. The summed E-state index contributed by atoms with van der Waals surface area (Å²) in [5.74, 6) is -0.118. The van der Waals surface area contributed by atoms with Crippen LogP contribution >= 0.6 is 11.6 Å². The van der Waals surface area contributed by atoms with Crippen molar-refractivity contribution in [2.45, 2.75) is 5.38 Å². The number of H-pyrrole nitrogens is 1. The van der Waals surface area contributed by atoms with Gasteiger partial charge in [-0.25, -0.2) is 4.98 Å². The smallest absolute Gasteiger partial charge is 0.187 e. The number of rotatable bonds is 3. The Balaban J connectivity index is 2.00. The molecule has 1 aromatic carbocycles. The number of nitrogens with zero attached hydrogens (tertiary/aromatic N) is 1. The summed E-state index contributed by atoms with van der Waals surface area (Å²) in [6.07, 6.45) is 3.35. The topological polar surface area (TPSA) is 45.8 Å². The minimum absolute atomic E-state index is 0.118. The number of hydrogen-bond acceptors (Lipinski definition) is 2. The van der Waals surface area contributed by atoms with Crippen molar-refractivity contribution in [1.29, 1.82) is 0 Å². The molecule has 0 saturated heterocycles. The number of benzene rings is 1. The first kappa shape index (κ1) is 11.9. The van der Waals surface area contributed by atoms with Crippen LogP contribution in [0.25, 0.3) is 11.0 Å². The molecular weight excluding hydrogens is 260 g/mol. The lowest BCUT2D eigenvalue weighted by Crippen LogP contribution is -2.06. The zero-order valence-electron chi connectivity index (χ0n) is 10.0. The van der Waals surface area contributed by atoms with Gasteiger partial charge in [0.05, 0.1) is 0 Å². The molecule has 0 fully saturated rings. The number of nitrogens with one attached hydrogen (secondary N) is 1. The molecule has 0 aliphatic rings. The molecule has 0 bridgehead atoms. The van der Waals surface area contributed by atoms with Crippen LogP contribution in [-0.2, 0) is 0 Å². The molecule has 0 aliphatic heterocycles. The summed E-state index contributed by atoms with van der Waals surface area (Å²) in [7, 11) is 0. The number of Topliss-reactive ketones (excluding diaryl/α,β-unsaturated/α-hetero) is 1. The van der Waals surface area contributed by atoms with E-state index in [2.05, 4.69) is 9.97 Å². The van der Waals surface area contributed by atoms with E-state index in [1.54, 1.807) is 18.5 Å². The van der Waals surface area contributed by atoms with Gasteiger partial charge >= 0.3 is 0 Å². The van der Waals surface area contributed by atoms with Gasteiger partial charge < -0.3 is 4.98 Å². The third kappa shape index (κ3) is 2.13. The van der Waals surface area contributed by atoms with Crippen LogP contribution in [-0.4, -0.2) is 15.8 Å². The van der Waals surface area contributed by atoms with Crippen LogP contribution in [0.2, 0.25) is 0 Å². The number of aromatic amines is 1. The van der Waals surface area contributed by atoms with Crippen molar-refractivity contribution in [2.24, 2.45) is 0 Å². The van der Waals surface area contributed by atoms with Gasteiger partial charge in [-0.2, -0.15) is 0 Å². The van der Waals surface area contributed by atoms with Crippen molar-refractivity contribution in [2.75, 3.05) is 0 Å².